The van der Waals surface area contributed by atoms with Gasteiger partial charge < -0.3 is 14.8 Å². The van der Waals surface area contributed by atoms with Crippen molar-refractivity contribution in [2.45, 2.75) is 13.5 Å². The zero-order chi connectivity index (χ0) is 24.4. The minimum atomic E-state index is -0.189. The second-order valence-electron chi connectivity index (χ2n) is 8.34. The van der Waals surface area contributed by atoms with Crippen molar-refractivity contribution in [2.75, 3.05) is 12.0 Å². The van der Waals surface area contributed by atoms with E-state index in [4.69, 9.17) is 21.7 Å². The Labute approximate surface area is 209 Å². The van der Waals surface area contributed by atoms with Gasteiger partial charge in [0, 0.05) is 5.56 Å². The number of aryl methyl sites for hydroxylation is 1. The molecule has 1 N–H and O–H groups in total. The van der Waals surface area contributed by atoms with Crippen LogP contribution in [0.25, 0.3) is 16.8 Å². The summed E-state index contributed by atoms with van der Waals surface area (Å²) in [4.78, 5) is 14.6. The second-order valence-corrected chi connectivity index (χ2v) is 8.72. The first-order valence-electron chi connectivity index (χ1n) is 11.2. The van der Waals surface area contributed by atoms with Crippen LogP contribution in [0.4, 0.5) is 5.69 Å². The van der Waals surface area contributed by atoms with E-state index in [1.807, 2.05) is 79.7 Å². The van der Waals surface area contributed by atoms with Crippen LogP contribution < -0.4 is 19.7 Å². The van der Waals surface area contributed by atoms with Crippen molar-refractivity contribution in [3.8, 4) is 11.5 Å². The summed E-state index contributed by atoms with van der Waals surface area (Å²) in [5.74, 6) is 1.31. The van der Waals surface area contributed by atoms with E-state index in [1.165, 1.54) is 4.90 Å². The number of nitrogens with one attached hydrogen (secondary N) is 1. The maximum absolute atomic E-state index is 13.1. The van der Waals surface area contributed by atoms with E-state index >= 15 is 0 Å². The molecule has 1 heterocycles. The molecular formula is C29H24N2O3S. The van der Waals surface area contributed by atoms with E-state index in [-0.39, 0.29) is 5.91 Å². The smallest absolute Gasteiger partial charge is 0.281 e. The van der Waals surface area contributed by atoms with E-state index < -0.39 is 0 Å². The first kappa shape index (κ1) is 22.6. The summed E-state index contributed by atoms with van der Waals surface area (Å²) in [5.41, 5.74) is 3.94. The molecule has 0 saturated carbocycles. The summed E-state index contributed by atoms with van der Waals surface area (Å²) in [6.07, 6.45) is 1.80. The van der Waals surface area contributed by atoms with Crippen LogP contribution in [0.1, 0.15) is 16.7 Å². The number of hydrogen-bond donors (Lipinski definition) is 1. The summed E-state index contributed by atoms with van der Waals surface area (Å²) in [6.45, 7) is 2.31. The number of ether oxygens (including phenoxy) is 2. The molecule has 0 aromatic heterocycles. The number of anilines is 1. The molecule has 1 fully saturated rings. The zero-order valence-electron chi connectivity index (χ0n) is 19.4. The van der Waals surface area contributed by atoms with Crippen LogP contribution in [0.2, 0.25) is 0 Å². The molecule has 0 spiro atoms. The number of carbonyl (C=O) groups excluding carboxylic acids is 1. The molecule has 1 amide bonds. The molecule has 174 valence electrons. The average Bonchev–Trinajstić information content (AvgIpc) is 3.15. The van der Waals surface area contributed by atoms with Crippen LogP contribution in [0.5, 0.6) is 11.5 Å². The molecule has 0 unspecified atom stereocenters. The Morgan fingerprint density at radius 1 is 0.943 bits per heavy atom. The molecule has 0 radical (unpaired) electrons. The minimum absolute atomic E-state index is 0.189. The number of hydrogen-bond acceptors (Lipinski definition) is 4. The van der Waals surface area contributed by atoms with Crippen LogP contribution >= 0.6 is 12.2 Å². The average molecular weight is 481 g/mol. The van der Waals surface area contributed by atoms with Crippen molar-refractivity contribution >= 4 is 45.8 Å². The third-order valence-electron chi connectivity index (χ3n) is 5.87. The number of benzene rings is 4. The molecule has 0 atom stereocenters. The summed E-state index contributed by atoms with van der Waals surface area (Å²) in [5, 5.41) is 5.70. The molecule has 5 rings (SSSR count). The normalized spacial score (nSPS) is 14.5. The van der Waals surface area contributed by atoms with E-state index in [0.29, 0.717) is 17.4 Å². The SMILES string of the molecule is COc1ccc(/C=C2/NC(=S)N(c3cccc(C)c3)C2=O)cc1COc1ccc2ccccc2c1. The molecule has 35 heavy (non-hydrogen) atoms. The van der Waals surface area contributed by atoms with Crippen LogP contribution in [0.3, 0.4) is 0 Å². The minimum Gasteiger partial charge on any atom is -0.496 e. The molecule has 5 nitrogen and oxygen atoms in total. The van der Waals surface area contributed by atoms with Gasteiger partial charge in [-0.15, -0.1) is 0 Å². The lowest BCUT2D eigenvalue weighted by Gasteiger charge is -2.14. The van der Waals surface area contributed by atoms with Gasteiger partial charge in [0.1, 0.15) is 23.8 Å². The van der Waals surface area contributed by atoms with E-state index in [2.05, 4.69) is 17.4 Å². The third kappa shape index (κ3) is 4.74. The predicted molar refractivity (Wildman–Crippen MR) is 144 cm³/mol. The first-order valence-corrected chi connectivity index (χ1v) is 11.6. The highest BCUT2D eigenvalue weighted by Crippen LogP contribution is 2.27. The lowest BCUT2D eigenvalue weighted by atomic mass is 10.1. The van der Waals surface area contributed by atoms with E-state index in [0.717, 1.165) is 44.6 Å². The van der Waals surface area contributed by atoms with Gasteiger partial charge in [-0.25, -0.2) is 0 Å². The predicted octanol–water partition coefficient (Wildman–Crippen LogP) is 6.00. The Balaban J connectivity index is 1.38. The summed E-state index contributed by atoms with van der Waals surface area (Å²) in [6, 6.07) is 27.6. The number of thiocarbonyl (C=S) groups is 1. The lowest BCUT2D eigenvalue weighted by Crippen LogP contribution is -2.30. The molecule has 4 aromatic rings. The van der Waals surface area contributed by atoms with Crippen LogP contribution in [-0.4, -0.2) is 18.1 Å². The van der Waals surface area contributed by atoms with Crippen molar-refractivity contribution in [1.82, 2.24) is 5.32 Å². The largest absolute Gasteiger partial charge is 0.496 e. The van der Waals surface area contributed by atoms with Gasteiger partial charge in [0.2, 0.25) is 0 Å². The summed E-state index contributed by atoms with van der Waals surface area (Å²) >= 11 is 5.44. The Hall–Kier alpha value is -4.16. The zero-order valence-corrected chi connectivity index (χ0v) is 20.3. The van der Waals surface area contributed by atoms with Crippen molar-refractivity contribution in [1.29, 1.82) is 0 Å². The van der Waals surface area contributed by atoms with Gasteiger partial charge in [-0.2, -0.15) is 0 Å². The molecule has 1 aliphatic rings. The maximum atomic E-state index is 13.1. The highest BCUT2D eigenvalue weighted by molar-refractivity contribution is 7.80. The highest BCUT2D eigenvalue weighted by atomic mass is 32.1. The van der Waals surface area contributed by atoms with Gasteiger partial charge in [-0.3, -0.25) is 9.69 Å². The van der Waals surface area contributed by atoms with Crippen LogP contribution in [0.15, 0.2) is 90.6 Å². The van der Waals surface area contributed by atoms with Crippen LogP contribution in [0, 0.1) is 6.92 Å². The fraction of sp³-hybridized carbons (Fsp3) is 0.103. The van der Waals surface area contributed by atoms with Crippen LogP contribution in [-0.2, 0) is 11.4 Å². The van der Waals surface area contributed by atoms with E-state index in [1.54, 1.807) is 13.2 Å². The molecule has 0 aliphatic carbocycles. The van der Waals surface area contributed by atoms with Gasteiger partial charge >= 0.3 is 0 Å². The second kappa shape index (κ2) is 9.60. The number of rotatable bonds is 6. The van der Waals surface area contributed by atoms with Gasteiger partial charge in [-0.1, -0.05) is 48.5 Å². The topological polar surface area (TPSA) is 50.8 Å². The summed E-state index contributed by atoms with van der Waals surface area (Å²) in [7, 11) is 1.63. The first-order chi connectivity index (χ1) is 17.0. The van der Waals surface area contributed by atoms with Crippen molar-refractivity contribution < 1.29 is 14.3 Å². The lowest BCUT2D eigenvalue weighted by molar-refractivity contribution is -0.113. The quantitative estimate of drug-likeness (QED) is 0.271. The number of amides is 1. The molecular weight excluding hydrogens is 456 g/mol. The highest BCUT2D eigenvalue weighted by Gasteiger charge is 2.32. The van der Waals surface area contributed by atoms with Gasteiger partial charge in [0.05, 0.1) is 12.8 Å². The molecule has 4 aromatic carbocycles. The van der Waals surface area contributed by atoms with Gasteiger partial charge in [0.25, 0.3) is 5.91 Å². The number of nitrogens with zero attached hydrogens (tertiary/aromatic N) is 1. The molecule has 0 bridgehead atoms. The molecule has 1 saturated heterocycles. The number of fused-ring (bicyclic) bond motifs is 1. The summed E-state index contributed by atoms with van der Waals surface area (Å²) < 4.78 is 11.6. The number of carbonyl (C=O) groups is 1. The Morgan fingerprint density at radius 2 is 1.77 bits per heavy atom. The molecule has 6 heteroatoms. The Bertz CT molecular complexity index is 1480. The van der Waals surface area contributed by atoms with Gasteiger partial charge in [0.15, 0.2) is 5.11 Å². The number of methoxy groups -OCH3 is 1. The Kier molecular flexibility index (Phi) is 6.21. The Morgan fingerprint density at radius 3 is 2.57 bits per heavy atom. The van der Waals surface area contributed by atoms with Crippen molar-refractivity contribution in [3.63, 3.8) is 0 Å². The van der Waals surface area contributed by atoms with E-state index in [9.17, 15) is 4.79 Å². The van der Waals surface area contributed by atoms with Gasteiger partial charge in [-0.05, 0) is 83.5 Å². The van der Waals surface area contributed by atoms with Crippen molar-refractivity contribution in [3.05, 3.63) is 107 Å². The fourth-order valence-electron chi connectivity index (χ4n) is 4.12. The third-order valence-corrected chi connectivity index (χ3v) is 6.15. The standard InChI is InChI=1S/C29H24N2O3S/c1-19-6-5-9-24(14-19)31-28(32)26(30-29(31)35)16-20-10-13-27(33-2)23(15-20)18-34-25-12-11-21-7-3-4-8-22(21)17-25/h3-17H,18H2,1-2H3,(H,30,35)/b26-16+. The molecule has 1 aliphatic heterocycles. The fourth-order valence-corrected chi connectivity index (χ4v) is 4.42. The maximum Gasteiger partial charge on any atom is 0.281 e. The van der Waals surface area contributed by atoms with Crippen molar-refractivity contribution in [2.24, 2.45) is 0 Å². The monoisotopic (exact) mass is 480 g/mol.